The van der Waals surface area contributed by atoms with E-state index in [1.165, 1.54) is 4.90 Å². The summed E-state index contributed by atoms with van der Waals surface area (Å²) in [6, 6.07) is 8.52. The molecule has 194 valence electrons. The highest BCUT2D eigenvalue weighted by Crippen LogP contribution is 2.62. The lowest BCUT2D eigenvalue weighted by molar-refractivity contribution is -0.137. The van der Waals surface area contributed by atoms with Gasteiger partial charge in [0.2, 0.25) is 5.91 Å². The van der Waals surface area contributed by atoms with E-state index in [0.29, 0.717) is 34.3 Å². The van der Waals surface area contributed by atoms with Gasteiger partial charge >= 0.3 is 6.09 Å². The van der Waals surface area contributed by atoms with Gasteiger partial charge in [0.15, 0.2) is 0 Å². The number of ether oxygens (including phenoxy) is 2. The van der Waals surface area contributed by atoms with Gasteiger partial charge in [-0.2, -0.15) is 0 Å². The Hall–Kier alpha value is -2.35. The standard InChI is InChI=1S/C27H33Cl2N3O4/c1-15-22-26(5,23(33)32(15)24(34)36-25(2,3)4)12-11-19(18-9-8-17(35-6)13-20(18)29)27(22,30)21-10-7-16(28)14-31-21/h7-10,13-15,19,22H,11-12,30H2,1-6H3. The Balaban J connectivity index is 1.89. The van der Waals surface area contributed by atoms with Crippen LogP contribution in [0.15, 0.2) is 36.5 Å². The number of carbonyl (C=O) groups is 2. The predicted octanol–water partition coefficient (Wildman–Crippen LogP) is 5.92. The van der Waals surface area contributed by atoms with Crippen molar-refractivity contribution in [2.45, 2.75) is 70.6 Å². The van der Waals surface area contributed by atoms with Crippen molar-refractivity contribution >= 4 is 35.2 Å². The number of imide groups is 1. The number of nitrogens with two attached hydrogens (primary N) is 1. The van der Waals surface area contributed by atoms with Gasteiger partial charge in [-0.1, -0.05) is 36.2 Å². The molecule has 2 aliphatic rings. The average molecular weight is 534 g/mol. The van der Waals surface area contributed by atoms with Gasteiger partial charge in [0.05, 0.1) is 28.8 Å². The molecule has 1 aliphatic heterocycles. The SMILES string of the molecule is COc1ccc(C2CCC3(C)C(=O)N(C(=O)OC(C)(C)C)C(C)C3C2(N)c2ccc(Cl)cn2)c(Cl)c1. The fraction of sp³-hybridized carbons (Fsp3) is 0.519. The van der Waals surface area contributed by atoms with Crippen LogP contribution in [-0.4, -0.2) is 40.6 Å². The van der Waals surface area contributed by atoms with Crippen LogP contribution in [0.1, 0.15) is 64.6 Å². The van der Waals surface area contributed by atoms with E-state index >= 15 is 0 Å². The molecule has 0 bridgehead atoms. The maximum atomic E-state index is 13.9. The quantitative estimate of drug-likeness (QED) is 0.526. The molecule has 0 radical (unpaired) electrons. The van der Waals surface area contributed by atoms with E-state index < -0.39 is 34.6 Å². The summed E-state index contributed by atoms with van der Waals surface area (Å²) in [4.78, 5) is 32.9. The molecule has 0 spiro atoms. The van der Waals surface area contributed by atoms with Crippen molar-refractivity contribution in [1.82, 2.24) is 9.88 Å². The van der Waals surface area contributed by atoms with Gasteiger partial charge in [-0.25, -0.2) is 9.69 Å². The van der Waals surface area contributed by atoms with Crippen LogP contribution in [-0.2, 0) is 15.1 Å². The topological polar surface area (TPSA) is 94.8 Å². The van der Waals surface area contributed by atoms with Crippen LogP contribution in [0.5, 0.6) is 5.75 Å². The summed E-state index contributed by atoms with van der Waals surface area (Å²) in [5.74, 6) is -0.387. The van der Waals surface area contributed by atoms with E-state index in [4.69, 9.17) is 38.4 Å². The zero-order valence-corrected chi connectivity index (χ0v) is 23.0. The van der Waals surface area contributed by atoms with Crippen molar-refractivity contribution < 1.29 is 19.1 Å². The second kappa shape index (κ2) is 9.19. The van der Waals surface area contributed by atoms with E-state index in [1.54, 1.807) is 52.3 Å². The molecule has 36 heavy (non-hydrogen) atoms. The Bertz CT molecular complexity index is 1180. The number of carbonyl (C=O) groups excluding carboxylic acids is 2. The van der Waals surface area contributed by atoms with Crippen LogP contribution in [0, 0.1) is 11.3 Å². The first-order chi connectivity index (χ1) is 16.7. The number of hydrogen-bond donors (Lipinski definition) is 1. The molecule has 5 atom stereocenters. The number of nitrogens with zero attached hydrogens (tertiary/aromatic N) is 2. The molecule has 1 saturated carbocycles. The van der Waals surface area contributed by atoms with Crippen molar-refractivity contribution in [2.24, 2.45) is 17.1 Å². The highest BCUT2D eigenvalue weighted by atomic mass is 35.5. The van der Waals surface area contributed by atoms with E-state index in [2.05, 4.69) is 4.98 Å². The number of hydrogen-bond acceptors (Lipinski definition) is 6. The van der Waals surface area contributed by atoms with Crippen LogP contribution < -0.4 is 10.5 Å². The van der Waals surface area contributed by atoms with Crippen LogP contribution in [0.25, 0.3) is 0 Å². The number of benzene rings is 1. The van der Waals surface area contributed by atoms with Crippen molar-refractivity contribution in [1.29, 1.82) is 0 Å². The first-order valence-electron chi connectivity index (χ1n) is 12.0. The Kier molecular flexibility index (Phi) is 6.82. The minimum absolute atomic E-state index is 0.280. The van der Waals surface area contributed by atoms with Gasteiger partial charge in [0.1, 0.15) is 11.4 Å². The molecule has 9 heteroatoms. The van der Waals surface area contributed by atoms with Crippen LogP contribution >= 0.6 is 23.2 Å². The maximum absolute atomic E-state index is 13.9. The number of aromatic nitrogens is 1. The maximum Gasteiger partial charge on any atom is 0.417 e. The van der Waals surface area contributed by atoms with Gasteiger partial charge < -0.3 is 15.2 Å². The summed E-state index contributed by atoms with van der Waals surface area (Å²) in [7, 11) is 1.58. The van der Waals surface area contributed by atoms with Crippen LogP contribution in [0.2, 0.25) is 10.0 Å². The largest absolute Gasteiger partial charge is 0.497 e. The van der Waals surface area contributed by atoms with E-state index in [9.17, 15) is 9.59 Å². The molecule has 2 amide bonds. The molecular weight excluding hydrogens is 501 g/mol. The van der Waals surface area contributed by atoms with E-state index in [1.807, 2.05) is 26.0 Å². The molecule has 1 aliphatic carbocycles. The van der Waals surface area contributed by atoms with Gasteiger partial charge in [-0.05, 0) is 70.4 Å². The Labute approximate surface area is 222 Å². The van der Waals surface area contributed by atoms with Crippen molar-refractivity contribution in [3.63, 3.8) is 0 Å². The summed E-state index contributed by atoms with van der Waals surface area (Å²) in [6.45, 7) is 9.07. The zero-order valence-electron chi connectivity index (χ0n) is 21.5. The molecule has 1 aromatic carbocycles. The summed E-state index contributed by atoms with van der Waals surface area (Å²) in [6.07, 6.45) is 1.98. The van der Waals surface area contributed by atoms with Crippen molar-refractivity contribution in [3.05, 3.63) is 57.8 Å². The van der Waals surface area contributed by atoms with Crippen LogP contribution in [0.3, 0.4) is 0 Å². The summed E-state index contributed by atoms with van der Waals surface area (Å²) in [5, 5.41) is 0.999. The molecule has 2 N–H and O–H groups in total. The second-order valence-corrected chi connectivity index (χ2v) is 11.9. The molecule has 1 saturated heterocycles. The first-order valence-corrected chi connectivity index (χ1v) is 12.8. The lowest BCUT2D eigenvalue weighted by Gasteiger charge is -2.52. The third kappa shape index (κ3) is 4.25. The lowest BCUT2D eigenvalue weighted by atomic mass is 9.52. The first kappa shape index (κ1) is 26.7. The Morgan fingerprint density at radius 2 is 1.92 bits per heavy atom. The number of methoxy groups -OCH3 is 1. The van der Waals surface area contributed by atoms with E-state index in [0.717, 1.165) is 5.56 Å². The minimum Gasteiger partial charge on any atom is -0.497 e. The number of likely N-dealkylation sites (tertiary alicyclic amines) is 1. The Morgan fingerprint density at radius 1 is 1.22 bits per heavy atom. The molecule has 2 fully saturated rings. The fourth-order valence-corrected chi connectivity index (χ4v) is 6.64. The van der Waals surface area contributed by atoms with Gasteiger partial charge in [-0.3, -0.25) is 9.78 Å². The number of amides is 2. The zero-order chi connectivity index (χ0) is 26.6. The van der Waals surface area contributed by atoms with Crippen molar-refractivity contribution in [3.8, 4) is 5.75 Å². The number of pyridine rings is 1. The van der Waals surface area contributed by atoms with E-state index in [-0.39, 0.29) is 11.8 Å². The normalized spacial score (nSPS) is 30.2. The third-order valence-electron chi connectivity index (χ3n) is 7.67. The van der Waals surface area contributed by atoms with Crippen molar-refractivity contribution in [2.75, 3.05) is 7.11 Å². The molecule has 2 aromatic rings. The number of halogens is 2. The van der Waals surface area contributed by atoms with Gasteiger partial charge in [0.25, 0.3) is 0 Å². The highest BCUT2D eigenvalue weighted by Gasteiger charge is 2.68. The van der Waals surface area contributed by atoms with Gasteiger partial charge in [-0.15, -0.1) is 0 Å². The molecule has 5 unspecified atom stereocenters. The minimum atomic E-state index is -1.14. The molecule has 4 rings (SSSR count). The summed E-state index contributed by atoms with van der Waals surface area (Å²) < 4.78 is 11.0. The summed E-state index contributed by atoms with van der Waals surface area (Å²) in [5.41, 5.74) is 6.08. The predicted molar refractivity (Wildman–Crippen MR) is 139 cm³/mol. The highest BCUT2D eigenvalue weighted by molar-refractivity contribution is 6.31. The lowest BCUT2D eigenvalue weighted by Crippen LogP contribution is -2.60. The molecular formula is C27H33Cl2N3O4. The number of fused-ring (bicyclic) bond motifs is 1. The second-order valence-electron chi connectivity index (χ2n) is 11.1. The smallest absolute Gasteiger partial charge is 0.417 e. The summed E-state index contributed by atoms with van der Waals surface area (Å²) >= 11 is 12.9. The number of rotatable bonds is 3. The average Bonchev–Trinajstić information content (AvgIpc) is 2.99. The van der Waals surface area contributed by atoms with Gasteiger partial charge in [0, 0.05) is 29.1 Å². The third-order valence-corrected chi connectivity index (χ3v) is 8.22. The molecule has 2 heterocycles. The molecule has 7 nitrogen and oxygen atoms in total. The molecule has 1 aromatic heterocycles. The monoisotopic (exact) mass is 533 g/mol. The van der Waals surface area contributed by atoms with Crippen LogP contribution in [0.4, 0.5) is 4.79 Å². The Morgan fingerprint density at radius 3 is 2.47 bits per heavy atom. The fourth-order valence-electron chi connectivity index (χ4n) is 6.22.